The molecular formula is C20H21N3O4S. The summed E-state index contributed by atoms with van der Waals surface area (Å²) >= 11 is 0. The summed E-state index contributed by atoms with van der Waals surface area (Å²) in [5, 5.41) is 2.78. The van der Waals surface area contributed by atoms with Crippen molar-refractivity contribution in [3.63, 3.8) is 0 Å². The van der Waals surface area contributed by atoms with Crippen LogP contribution in [0.3, 0.4) is 0 Å². The van der Waals surface area contributed by atoms with Gasteiger partial charge in [0, 0.05) is 24.0 Å². The minimum atomic E-state index is -3.02. The van der Waals surface area contributed by atoms with Crippen LogP contribution in [0.15, 0.2) is 48.8 Å². The highest BCUT2D eigenvalue weighted by Gasteiger charge is 2.29. The molecule has 4 rings (SSSR count). The summed E-state index contributed by atoms with van der Waals surface area (Å²) in [6, 6.07) is 10.5. The summed E-state index contributed by atoms with van der Waals surface area (Å²) in [6.45, 7) is 2.34. The molecule has 0 spiro atoms. The number of pyridine rings is 1. The van der Waals surface area contributed by atoms with Crippen molar-refractivity contribution in [3.8, 4) is 5.75 Å². The number of sulfone groups is 1. The Hall–Kier alpha value is -2.87. The Bertz CT molecular complexity index is 1120. The number of hydrogen-bond donors (Lipinski definition) is 1. The third-order valence-electron chi connectivity index (χ3n) is 4.80. The number of amides is 1. The Kier molecular flexibility index (Phi) is 4.80. The quantitative estimate of drug-likeness (QED) is 0.710. The van der Waals surface area contributed by atoms with Crippen LogP contribution in [0, 0.1) is 6.92 Å². The number of nitrogens with zero attached hydrogens (tertiary/aromatic N) is 2. The number of nitrogens with one attached hydrogen (secondary N) is 1. The van der Waals surface area contributed by atoms with E-state index >= 15 is 0 Å². The van der Waals surface area contributed by atoms with Gasteiger partial charge in [-0.3, -0.25) is 4.79 Å². The molecule has 28 heavy (non-hydrogen) atoms. The Morgan fingerprint density at radius 3 is 2.75 bits per heavy atom. The van der Waals surface area contributed by atoms with Gasteiger partial charge in [0.15, 0.2) is 9.84 Å². The number of hydrogen-bond acceptors (Lipinski definition) is 5. The third kappa shape index (κ3) is 4.01. The van der Waals surface area contributed by atoms with E-state index in [9.17, 15) is 13.2 Å². The number of ether oxygens (including phenoxy) is 1. The molecule has 1 aliphatic rings. The number of fused-ring (bicyclic) bond motifs is 1. The first-order chi connectivity index (χ1) is 13.4. The van der Waals surface area contributed by atoms with Crippen LogP contribution in [0.25, 0.3) is 5.65 Å². The molecule has 1 aliphatic heterocycles. The molecule has 1 amide bonds. The van der Waals surface area contributed by atoms with Crippen molar-refractivity contribution in [2.45, 2.75) is 26.0 Å². The van der Waals surface area contributed by atoms with Gasteiger partial charge < -0.3 is 14.5 Å². The highest BCUT2D eigenvalue weighted by molar-refractivity contribution is 7.91. The standard InChI is InChI=1S/C20H21N3O4S/c1-14-3-2-9-23-11-17(21-19(14)23)12-27-18-6-4-15(5-7-18)20(24)22-16-8-10-28(25,26)13-16/h2-7,9,11,16H,8,10,12-13H2,1H3,(H,22,24). The average molecular weight is 399 g/mol. The molecule has 1 saturated heterocycles. The number of imidazole rings is 1. The summed E-state index contributed by atoms with van der Waals surface area (Å²) in [5.41, 5.74) is 3.29. The second-order valence-corrected chi connectivity index (χ2v) is 9.27. The number of aryl methyl sites for hydroxylation is 1. The predicted molar refractivity (Wildman–Crippen MR) is 105 cm³/mol. The molecule has 3 heterocycles. The van der Waals surface area contributed by atoms with Crippen LogP contribution in [0.2, 0.25) is 0 Å². The van der Waals surface area contributed by atoms with Crippen LogP contribution < -0.4 is 10.1 Å². The topological polar surface area (TPSA) is 89.8 Å². The second-order valence-electron chi connectivity index (χ2n) is 7.04. The molecule has 1 fully saturated rings. The maximum atomic E-state index is 12.3. The number of carbonyl (C=O) groups is 1. The lowest BCUT2D eigenvalue weighted by Gasteiger charge is -2.11. The van der Waals surface area contributed by atoms with Gasteiger partial charge in [-0.05, 0) is 49.2 Å². The summed E-state index contributed by atoms with van der Waals surface area (Å²) in [5.74, 6) is 0.504. The fourth-order valence-electron chi connectivity index (χ4n) is 3.31. The van der Waals surface area contributed by atoms with Gasteiger partial charge >= 0.3 is 0 Å². The van der Waals surface area contributed by atoms with Crippen LogP contribution in [-0.2, 0) is 16.4 Å². The van der Waals surface area contributed by atoms with E-state index < -0.39 is 9.84 Å². The summed E-state index contributed by atoms with van der Waals surface area (Å²) in [4.78, 5) is 16.8. The molecule has 0 aliphatic carbocycles. The van der Waals surface area contributed by atoms with Crippen molar-refractivity contribution in [1.82, 2.24) is 14.7 Å². The van der Waals surface area contributed by atoms with Gasteiger partial charge in [-0.15, -0.1) is 0 Å². The number of rotatable bonds is 5. The Morgan fingerprint density at radius 1 is 1.29 bits per heavy atom. The lowest BCUT2D eigenvalue weighted by atomic mass is 10.2. The second kappa shape index (κ2) is 7.27. The molecule has 2 aromatic heterocycles. The Labute approximate surface area is 163 Å². The smallest absolute Gasteiger partial charge is 0.251 e. The van der Waals surface area contributed by atoms with Crippen molar-refractivity contribution in [3.05, 3.63) is 65.6 Å². The van der Waals surface area contributed by atoms with Gasteiger partial charge in [-0.2, -0.15) is 0 Å². The van der Waals surface area contributed by atoms with E-state index in [0.717, 1.165) is 16.9 Å². The highest BCUT2D eigenvalue weighted by atomic mass is 32.2. The van der Waals surface area contributed by atoms with Gasteiger partial charge in [0.2, 0.25) is 0 Å². The molecule has 0 saturated carbocycles. The minimum Gasteiger partial charge on any atom is -0.487 e. The van der Waals surface area contributed by atoms with E-state index in [4.69, 9.17) is 4.74 Å². The highest BCUT2D eigenvalue weighted by Crippen LogP contribution is 2.17. The summed E-state index contributed by atoms with van der Waals surface area (Å²) in [7, 11) is -3.02. The molecule has 8 heteroatoms. The van der Waals surface area contributed by atoms with E-state index in [1.54, 1.807) is 24.3 Å². The monoisotopic (exact) mass is 399 g/mol. The van der Waals surface area contributed by atoms with Crippen molar-refractivity contribution in [2.24, 2.45) is 0 Å². The summed E-state index contributed by atoms with van der Waals surface area (Å²) in [6.07, 6.45) is 4.34. The van der Waals surface area contributed by atoms with Crippen LogP contribution >= 0.6 is 0 Å². The fraction of sp³-hybridized carbons (Fsp3) is 0.300. The zero-order valence-corrected chi connectivity index (χ0v) is 16.3. The van der Waals surface area contributed by atoms with Crippen molar-refractivity contribution in [1.29, 1.82) is 0 Å². The zero-order chi connectivity index (χ0) is 19.7. The van der Waals surface area contributed by atoms with Crippen LogP contribution in [0.4, 0.5) is 0 Å². The summed E-state index contributed by atoms with van der Waals surface area (Å²) < 4.78 is 30.7. The average Bonchev–Trinajstić information content (AvgIpc) is 3.24. The lowest BCUT2D eigenvalue weighted by molar-refractivity contribution is 0.0941. The zero-order valence-electron chi connectivity index (χ0n) is 15.5. The maximum absolute atomic E-state index is 12.3. The third-order valence-corrected chi connectivity index (χ3v) is 6.57. The Morgan fingerprint density at radius 2 is 2.07 bits per heavy atom. The number of benzene rings is 1. The van der Waals surface area contributed by atoms with Gasteiger partial charge in [-0.25, -0.2) is 13.4 Å². The van der Waals surface area contributed by atoms with Crippen molar-refractivity contribution >= 4 is 21.4 Å². The number of aromatic nitrogens is 2. The normalized spacial score (nSPS) is 18.2. The van der Waals surface area contributed by atoms with E-state index in [0.29, 0.717) is 24.3 Å². The first-order valence-corrected chi connectivity index (χ1v) is 10.9. The minimum absolute atomic E-state index is 0.0123. The largest absolute Gasteiger partial charge is 0.487 e. The Balaban J connectivity index is 1.36. The van der Waals surface area contributed by atoms with Gasteiger partial charge in [0.25, 0.3) is 5.91 Å². The van der Waals surface area contributed by atoms with Gasteiger partial charge in [0.1, 0.15) is 18.0 Å². The van der Waals surface area contributed by atoms with E-state index in [1.807, 2.05) is 35.9 Å². The molecule has 1 unspecified atom stereocenters. The molecule has 7 nitrogen and oxygen atoms in total. The van der Waals surface area contributed by atoms with E-state index in [2.05, 4.69) is 10.3 Å². The van der Waals surface area contributed by atoms with Gasteiger partial charge in [-0.1, -0.05) is 6.07 Å². The molecule has 146 valence electrons. The van der Waals surface area contributed by atoms with Crippen LogP contribution in [0.5, 0.6) is 5.75 Å². The molecule has 3 aromatic rings. The first-order valence-electron chi connectivity index (χ1n) is 9.07. The maximum Gasteiger partial charge on any atom is 0.251 e. The molecule has 1 N–H and O–H groups in total. The van der Waals surface area contributed by atoms with Crippen molar-refractivity contribution < 1.29 is 17.9 Å². The van der Waals surface area contributed by atoms with E-state index in [1.165, 1.54) is 0 Å². The molecular weight excluding hydrogens is 378 g/mol. The van der Waals surface area contributed by atoms with Crippen molar-refractivity contribution in [2.75, 3.05) is 11.5 Å². The fourth-order valence-corrected chi connectivity index (χ4v) is 4.98. The molecule has 0 radical (unpaired) electrons. The molecule has 0 bridgehead atoms. The van der Waals surface area contributed by atoms with Crippen LogP contribution in [0.1, 0.15) is 28.0 Å². The van der Waals surface area contributed by atoms with Crippen LogP contribution in [-0.4, -0.2) is 41.3 Å². The van der Waals surface area contributed by atoms with Gasteiger partial charge in [0.05, 0.1) is 17.2 Å². The molecule has 1 atom stereocenters. The predicted octanol–water partition coefficient (Wildman–Crippen LogP) is 2.14. The number of carbonyl (C=O) groups excluding carboxylic acids is 1. The molecule has 1 aromatic carbocycles. The van der Waals surface area contributed by atoms with E-state index in [-0.39, 0.29) is 23.5 Å². The first kappa shape index (κ1) is 18.5. The lowest BCUT2D eigenvalue weighted by Crippen LogP contribution is -2.35. The SMILES string of the molecule is Cc1cccn2cc(COc3ccc(C(=O)NC4CCS(=O)(=O)C4)cc3)nc12.